The third-order valence-electron chi connectivity index (χ3n) is 4.63. The van der Waals surface area contributed by atoms with Crippen LogP contribution in [0.3, 0.4) is 0 Å². The van der Waals surface area contributed by atoms with Crippen LogP contribution in [0.5, 0.6) is 0 Å². The fourth-order valence-corrected chi connectivity index (χ4v) is 5.06. The van der Waals surface area contributed by atoms with Crippen LogP contribution in [-0.4, -0.2) is 26.2 Å². The second-order valence-electron chi connectivity index (χ2n) is 7.05. The van der Waals surface area contributed by atoms with Gasteiger partial charge in [0.05, 0.1) is 17.1 Å². The number of benzene rings is 1. The van der Waals surface area contributed by atoms with Crippen molar-refractivity contribution >= 4 is 68.0 Å². The van der Waals surface area contributed by atoms with Crippen LogP contribution >= 0.6 is 34.3 Å². The van der Waals surface area contributed by atoms with Gasteiger partial charge in [0.15, 0.2) is 15.2 Å². The molecule has 0 saturated carbocycles. The highest BCUT2D eigenvalue weighted by Crippen LogP contribution is 2.32. The molecule has 0 aliphatic rings. The number of aromatic nitrogens is 3. The van der Waals surface area contributed by atoms with Gasteiger partial charge in [-0.1, -0.05) is 29.3 Å². The number of imidazole rings is 1. The van der Waals surface area contributed by atoms with Crippen LogP contribution in [0.2, 0.25) is 5.15 Å². The predicted molar refractivity (Wildman–Crippen MR) is 128 cm³/mol. The Morgan fingerprint density at radius 3 is 2.81 bits per heavy atom. The van der Waals surface area contributed by atoms with E-state index in [0.29, 0.717) is 21.7 Å². The molecular formula is C22H19ClN4O3S2. The summed E-state index contributed by atoms with van der Waals surface area (Å²) in [6.45, 7) is 5.45. The van der Waals surface area contributed by atoms with Crippen LogP contribution in [0.25, 0.3) is 11.0 Å². The van der Waals surface area contributed by atoms with Gasteiger partial charge in [0.2, 0.25) is 5.91 Å². The molecule has 164 valence electrons. The number of halogens is 1. The molecule has 10 heteroatoms. The maximum absolute atomic E-state index is 12.3. The van der Waals surface area contributed by atoms with E-state index in [0.717, 1.165) is 21.8 Å². The summed E-state index contributed by atoms with van der Waals surface area (Å²) in [5.74, 6) is -0.672. The first-order valence-corrected chi connectivity index (χ1v) is 11.8. The van der Waals surface area contributed by atoms with E-state index in [4.69, 9.17) is 16.3 Å². The van der Waals surface area contributed by atoms with Crippen LogP contribution in [0, 0.1) is 13.8 Å². The zero-order valence-electron chi connectivity index (χ0n) is 17.5. The van der Waals surface area contributed by atoms with E-state index in [-0.39, 0.29) is 12.5 Å². The number of fused-ring (bicyclic) bond motifs is 1. The molecule has 0 aliphatic carbocycles. The maximum Gasteiger partial charge on any atom is 0.331 e. The van der Waals surface area contributed by atoms with Gasteiger partial charge in [-0.25, -0.2) is 14.8 Å². The summed E-state index contributed by atoms with van der Waals surface area (Å²) < 4.78 is 7.10. The molecule has 3 aromatic heterocycles. The van der Waals surface area contributed by atoms with Gasteiger partial charge in [0.25, 0.3) is 0 Å². The lowest BCUT2D eigenvalue weighted by Crippen LogP contribution is -2.23. The van der Waals surface area contributed by atoms with Crippen LogP contribution in [0.1, 0.15) is 29.4 Å². The largest absolute Gasteiger partial charge is 0.456 e. The van der Waals surface area contributed by atoms with E-state index in [1.165, 1.54) is 35.7 Å². The lowest BCUT2D eigenvalue weighted by molar-refractivity contribution is -0.139. The number of carbonyl (C=O) groups is 2. The Morgan fingerprint density at radius 1 is 1.25 bits per heavy atom. The second-order valence-corrected chi connectivity index (χ2v) is 9.12. The number of amides is 1. The molecule has 7 nitrogen and oxygen atoms in total. The summed E-state index contributed by atoms with van der Waals surface area (Å²) >= 11 is 8.89. The Hall–Kier alpha value is -3.01. The molecule has 0 aliphatic heterocycles. The number of esters is 1. The number of anilines is 2. The van der Waals surface area contributed by atoms with Crippen molar-refractivity contribution in [1.29, 1.82) is 0 Å². The number of thiazole rings is 2. The topological polar surface area (TPSA) is 76.8 Å². The van der Waals surface area contributed by atoms with Crippen molar-refractivity contribution in [3.8, 4) is 0 Å². The molecule has 0 fully saturated rings. The summed E-state index contributed by atoms with van der Waals surface area (Å²) in [6, 6.07) is 5.88. The minimum atomic E-state index is -0.529. The van der Waals surface area contributed by atoms with Gasteiger partial charge in [-0.2, -0.15) is 0 Å². The van der Waals surface area contributed by atoms with Gasteiger partial charge in [0, 0.05) is 30.0 Å². The SMILES string of the molecule is CC(=O)N(c1nc(COC(=O)/C=C/c2c(Cl)nc3sccn23)cs1)c1ccc(C)cc1C. The molecule has 1 amide bonds. The minimum absolute atomic E-state index is 0.00764. The minimum Gasteiger partial charge on any atom is -0.456 e. The second kappa shape index (κ2) is 9.23. The number of nitrogens with zero attached hydrogens (tertiary/aromatic N) is 4. The standard InChI is InChI=1S/C22H19ClN4O3S2/c1-13-4-5-17(14(2)10-13)27(15(3)28)22-24-16(12-32-22)11-30-19(29)7-6-18-20(23)25-21-26(18)8-9-31-21/h4-10,12H,11H2,1-3H3/b7-6+. The van der Waals surface area contributed by atoms with Gasteiger partial charge in [-0.05, 0) is 31.6 Å². The Kier molecular flexibility index (Phi) is 6.40. The van der Waals surface area contributed by atoms with Crippen LogP contribution in [0.4, 0.5) is 10.8 Å². The Bertz CT molecular complexity index is 1340. The molecule has 0 radical (unpaired) electrons. The maximum atomic E-state index is 12.3. The monoisotopic (exact) mass is 486 g/mol. The first-order valence-electron chi connectivity index (χ1n) is 9.61. The summed E-state index contributed by atoms with van der Waals surface area (Å²) in [5, 5.41) is 4.50. The first kappa shape index (κ1) is 22.2. The van der Waals surface area contributed by atoms with Crippen LogP contribution in [0.15, 0.2) is 41.2 Å². The average Bonchev–Trinajstić information content (AvgIpc) is 3.44. The molecule has 0 spiro atoms. The van der Waals surface area contributed by atoms with E-state index < -0.39 is 5.97 Å². The molecule has 0 N–H and O–H groups in total. The highest BCUT2D eigenvalue weighted by atomic mass is 35.5. The molecule has 4 rings (SSSR count). The van der Waals surface area contributed by atoms with Crippen molar-refractivity contribution in [2.45, 2.75) is 27.4 Å². The third-order valence-corrected chi connectivity index (χ3v) is 6.54. The van der Waals surface area contributed by atoms with E-state index in [9.17, 15) is 9.59 Å². The van der Waals surface area contributed by atoms with E-state index >= 15 is 0 Å². The molecule has 32 heavy (non-hydrogen) atoms. The fourth-order valence-electron chi connectivity index (χ4n) is 3.20. The number of hydrogen-bond donors (Lipinski definition) is 0. The molecule has 4 aromatic rings. The van der Waals surface area contributed by atoms with Gasteiger partial charge >= 0.3 is 5.97 Å². The van der Waals surface area contributed by atoms with Crippen molar-refractivity contribution < 1.29 is 14.3 Å². The highest BCUT2D eigenvalue weighted by Gasteiger charge is 2.20. The molecule has 0 atom stereocenters. The molecule has 0 saturated heterocycles. The number of ether oxygens (including phenoxy) is 1. The molecule has 0 unspecified atom stereocenters. The van der Waals surface area contributed by atoms with Gasteiger partial charge in [0.1, 0.15) is 6.61 Å². The van der Waals surface area contributed by atoms with Crippen molar-refractivity contribution in [3.63, 3.8) is 0 Å². The smallest absolute Gasteiger partial charge is 0.331 e. The summed E-state index contributed by atoms with van der Waals surface area (Å²) in [5.41, 5.74) is 4.05. The Morgan fingerprint density at radius 2 is 2.06 bits per heavy atom. The number of rotatable bonds is 6. The van der Waals surface area contributed by atoms with Gasteiger partial charge < -0.3 is 4.74 Å². The van der Waals surface area contributed by atoms with Gasteiger partial charge in [-0.3, -0.25) is 14.1 Å². The number of carbonyl (C=O) groups excluding carboxylic acids is 2. The fraction of sp³-hybridized carbons (Fsp3) is 0.182. The molecule has 0 bridgehead atoms. The quantitative estimate of drug-likeness (QED) is 0.263. The Balaban J connectivity index is 1.44. The van der Waals surface area contributed by atoms with E-state index in [1.54, 1.807) is 20.8 Å². The molecule has 1 aromatic carbocycles. The normalized spacial score (nSPS) is 11.4. The van der Waals surface area contributed by atoms with E-state index in [2.05, 4.69) is 9.97 Å². The lowest BCUT2D eigenvalue weighted by atomic mass is 10.1. The zero-order valence-corrected chi connectivity index (χ0v) is 19.9. The predicted octanol–water partition coefficient (Wildman–Crippen LogP) is 5.56. The van der Waals surface area contributed by atoms with Crippen molar-refractivity contribution in [2.75, 3.05) is 4.90 Å². The van der Waals surface area contributed by atoms with E-state index in [1.807, 2.05) is 43.6 Å². The molecular weight excluding hydrogens is 468 g/mol. The van der Waals surface area contributed by atoms with Crippen molar-refractivity contribution in [2.24, 2.45) is 0 Å². The zero-order chi connectivity index (χ0) is 22.8. The summed E-state index contributed by atoms with van der Waals surface area (Å²) in [6.07, 6.45) is 4.70. The number of hydrogen-bond acceptors (Lipinski definition) is 7. The molecule has 3 heterocycles. The number of aryl methyl sites for hydroxylation is 2. The van der Waals surface area contributed by atoms with Gasteiger partial charge in [-0.15, -0.1) is 22.7 Å². The third kappa shape index (κ3) is 4.59. The summed E-state index contributed by atoms with van der Waals surface area (Å²) in [4.78, 5) is 35.5. The average molecular weight is 487 g/mol. The Labute approximate surface area is 197 Å². The first-order chi connectivity index (χ1) is 15.3. The van der Waals surface area contributed by atoms with Crippen molar-refractivity contribution in [3.05, 3.63) is 68.9 Å². The van der Waals surface area contributed by atoms with Crippen LogP contribution < -0.4 is 4.90 Å². The van der Waals surface area contributed by atoms with Crippen molar-refractivity contribution in [1.82, 2.24) is 14.4 Å². The summed E-state index contributed by atoms with van der Waals surface area (Å²) in [7, 11) is 0. The highest BCUT2D eigenvalue weighted by molar-refractivity contribution is 7.15. The van der Waals surface area contributed by atoms with Crippen LogP contribution in [-0.2, 0) is 20.9 Å². The lowest BCUT2D eigenvalue weighted by Gasteiger charge is -2.20.